The lowest BCUT2D eigenvalue weighted by Gasteiger charge is -2.19. The number of fused-ring (bicyclic) bond motifs is 1. The number of hydrogen-bond acceptors (Lipinski definition) is 4. The van der Waals surface area contributed by atoms with Gasteiger partial charge in [0.25, 0.3) is 5.91 Å². The normalized spacial score (nSPS) is 12.7. The van der Waals surface area contributed by atoms with E-state index >= 15 is 0 Å². The van der Waals surface area contributed by atoms with Crippen molar-refractivity contribution in [1.29, 1.82) is 0 Å². The summed E-state index contributed by atoms with van der Waals surface area (Å²) in [4.78, 5) is 23.8. The number of carbonyl (C=O) groups excluding carboxylic acids is 2. The van der Waals surface area contributed by atoms with E-state index in [2.05, 4.69) is 16.9 Å². The minimum absolute atomic E-state index is 0.0248. The first-order valence-corrected chi connectivity index (χ1v) is 9.20. The fourth-order valence-electron chi connectivity index (χ4n) is 2.90. The van der Waals surface area contributed by atoms with Crippen molar-refractivity contribution in [3.8, 4) is 17.5 Å². The summed E-state index contributed by atoms with van der Waals surface area (Å²) >= 11 is 0. The standard InChI is InChI=1S/C22H21FN4O3/c1-22(30,10-11-26(2)14-28)9-8-15-4-3-5-17(12-15)27-19-7-6-16(23)13-18(19)20(25-27)21(24)29/h3-7,12-14,30H,10-11H2,1-2H3,(H2,24,29). The Labute approximate surface area is 172 Å². The second-order valence-electron chi connectivity index (χ2n) is 7.20. The molecule has 0 radical (unpaired) electrons. The molecular weight excluding hydrogens is 387 g/mol. The Bertz CT molecular complexity index is 1170. The van der Waals surface area contributed by atoms with Crippen molar-refractivity contribution >= 4 is 23.2 Å². The van der Waals surface area contributed by atoms with Crippen molar-refractivity contribution in [3.05, 3.63) is 59.5 Å². The number of carbonyl (C=O) groups is 2. The van der Waals surface area contributed by atoms with Crippen molar-refractivity contribution in [3.63, 3.8) is 0 Å². The minimum atomic E-state index is -1.28. The van der Waals surface area contributed by atoms with Crippen molar-refractivity contribution in [2.75, 3.05) is 13.6 Å². The highest BCUT2D eigenvalue weighted by molar-refractivity contribution is 6.04. The third-order valence-electron chi connectivity index (χ3n) is 4.57. The van der Waals surface area contributed by atoms with Crippen LogP contribution in [0.3, 0.4) is 0 Å². The summed E-state index contributed by atoms with van der Waals surface area (Å²) in [5, 5.41) is 15.0. The number of rotatable bonds is 6. The van der Waals surface area contributed by atoms with E-state index < -0.39 is 17.3 Å². The quantitative estimate of drug-likeness (QED) is 0.480. The number of nitrogens with two attached hydrogens (primary N) is 1. The fraction of sp³-hybridized carbons (Fsp3) is 0.227. The Morgan fingerprint density at radius 1 is 1.37 bits per heavy atom. The van der Waals surface area contributed by atoms with Crippen LogP contribution in [0.4, 0.5) is 4.39 Å². The van der Waals surface area contributed by atoms with E-state index in [1.807, 2.05) is 0 Å². The molecule has 0 saturated heterocycles. The van der Waals surface area contributed by atoms with Gasteiger partial charge in [0.1, 0.15) is 11.4 Å². The number of halogens is 1. The van der Waals surface area contributed by atoms with Crippen LogP contribution in [0.15, 0.2) is 42.5 Å². The van der Waals surface area contributed by atoms with Gasteiger partial charge in [0.2, 0.25) is 6.41 Å². The molecule has 3 rings (SSSR count). The number of nitrogens with zero attached hydrogens (tertiary/aromatic N) is 3. The zero-order chi connectivity index (χ0) is 21.9. The number of hydrogen-bond donors (Lipinski definition) is 2. The maximum absolute atomic E-state index is 13.6. The lowest BCUT2D eigenvalue weighted by atomic mass is 10.0. The highest BCUT2D eigenvalue weighted by Gasteiger charge is 2.18. The summed E-state index contributed by atoms with van der Waals surface area (Å²) in [5.41, 5.74) is 5.84. The summed E-state index contributed by atoms with van der Waals surface area (Å²) in [6.07, 6.45) is 0.986. The largest absolute Gasteiger partial charge is 0.378 e. The van der Waals surface area contributed by atoms with Gasteiger partial charge in [-0.1, -0.05) is 17.9 Å². The zero-order valence-corrected chi connectivity index (χ0v) is 16.6. The third-order valence-corrected chi connectivity index (χ3v) is 4.57. The molecule has 1 unspecified atom stereocenters. The molecule has 0 bridgehead atoms. The Morgan fingerprint density at radius 3 is 2.83 bits per heavy atom. The predicted molar refractivity (Wildman–Crippen MR) is 110 cm³/mol. The molecule has 1 atom stereocenters. The molecule has 0 aliphatic carbocycles. The summed E-state index contributed by atoms with van der Waals surface area (Å²) in [6.45, 7) is 1.95. The minimum Gasteiger partial charge on any atom is -0.378 e. The average molecular weight is 408 g/mol. The molecule has 2 aromatic carbocycles. The third kappa shape index (κ3) is 4.64. The first-order chi connectivity index (χ1) is 14.2. The molecule has 3 aromatic rings. The Kier molecular flexibility index (Phi) is 5.85. The number of amides is 2. The van der Waals surface area contributed by atoms with Gasteiger partial charge in [0.15, 0.2) is 5.69 Å². The molecule has 0 aliphatic rings. The summed E-state index contributed by atoms with van der Waals surface area (Å²) in [5.74, 6) is 4.49. The van der Waals surface area contributed by atoms with E-state index in [0.717, 1.165) is 0 Å². The Morgan fingerprint density at radius 2 is 2.13 bits per heavy atom. The van der Waals surface area contributed by atoms with Crippen molar-refractivity contribution in [2.24, 2.45) is 5.73 Å². The van der Waals surface area contributed by atoms with Gasteiger partial charge in [-0.3, -0.25) is 9.59 Å². The van der Waals surface area contributed by atoms with E-state index in [0.29, 0.717) is 41.5 Å². The van der Waals surface area contributed by atoms with Crippen LogP contribution in [0, 0.1) is 17.7 Å². The lowest BCUT2D eigenvalue weighted by molar-refractivity contribution is -0.117. The number of primary amides is 1. The topological polar surface area (TPSA) is 101 Å². The van der Waals surface area contributed by atoms with Gasteiger partial charge in [0.05, 0.1) is 11.2 Å². The molecule has 0 saturated carbocycles. The van der Waals surface area contributed by atoms with Crippen LogP contribution in [0.5, 0.6) is 0 Å². The zero-order valence-electron chi connectivity index (χ0n) is 16.6. The first-order valence-electron chi connectivity index (χ1n) is 9.20. The maximum Gasteiger partial charge on any atom is 0.269 e. The number of aromatic nitrogens is 2. The molecule has 0 aliphatic heterocycles. The molecule has 0 fully saturated rings. The molecule has 1 aromatic heterocycles. The molecule has 154 valence electrons. The number of benzene rings is 2. The van der Waals surface area contributed by atoms with E-state index in [4.69, 9.17) is 5.73 Å². The predicted octanol–water partition coefficient (Wildman–Crippen LogP) is 1.84. The van der Waals surface area contributed by atoms with Crippen LogP contribution in [0.2, 0.25) is 0 Å². The van der Waals surface area contributed by atoms with Gasteiger partial charge in [-0.15, -0.1) is 0 Å². The molecular formula is C22H21FN4O3. The fourth-order valence-corrected chi connectivity index (χ4v) is 2.90. The molecule has 3 N–H and O–H groups in total. The summed E-state index contributed by atoms with van der Waals surface area (Å²) in [6, 6.07) is 11.1. The van der Waals surface area contributed by atoms with E-state index in [9.17, 15) is 19.1 Å². The van der Waals surface area contributed by atoms with E-state index in [1.54, 1.807) is 38.2 Å². The Balaban J connectivity index is 1.96. The van der Waals surface area contributed by atoms with Crippen molar-refractivity contribution in [1.82, 2.24) is 14.7 Å². The van der Waals surface area contributed by atoms with Crippen LogP contribution in [-0.2, 0) is 4.79 Å². The monoisotopic (exact) mass is 408 g/mol. The SMILES string of the molecule is CN(C=O)CCC(C)(O)C#Cc1cccc(-n2nc(C(N)=O)c3cc(F)ccc32)c1. The molecule has 30 heavy (non-hydrogen) atoms. The van der Waals surface area contributed by atoms with E-state index in [1.165, 1.54) is 27.8 Å². The molecule has 0 spiro atoms. The van der Waals surface area contributed by atoms with Crippen LogP contribution in [-0.4, -0.2) is 51.3 Å². The second kappa shape index (κ2) is 8.35. The van der Waals surface area contributed by atoms with Crippen LogP contribution in [0.25, 0.3) is 16.6 Å². The Hall–Kier alpha value is -3.70. The first kappa shape index (κ1) is 21.0. The van der Waals surface area contributed by atoms with Crippen molar-refractivity contribution < 1.29 is 19.1 Å². The van der Waals surface area contributed by atoms with Gasteiger partial charge in [-0.05, 0) is 43.3 Å². The molecule has 2 amide bonds. The van der Waals surface area contributed by atoms with Gasteiger partial charge in [-0.25, -0.2) is 9.07 Å². The van der Waals surface area contributed by atoms with E-state index in [-0.39, 0.29) is 5.69 Å². The van der Waals surface area contributed by atoms with Gasteiger partial charge < -0.3 is 15.7 Å². The number of aliphatic hydroxyl groups is 1. The van der Waals surface area contributed by atoms with Gasteiger partial charge >= 0.3 is 0 Å². The highest BCUT2D eigenvalue weighted by atomic mass is 19.1. The van der Waals surface area contributed by atoms with Crippen LogP contribution >= 0.6 is 0 Å². The molecule has 8 heteroatoms. The smallest absolute Gasteiger partial charge is 0.269 e. The average Bonchev–Trinajstić information content (AvgIpc) is 3.10. The summed E-state index contributed by atoms with van der Waals surface area (Å²) in [7, 11) is 1.63. The molecule has 1 heterocycles. The van der Waals surface area contributed by atoms with Crippen LogP contribution in [0.1, 0.15) is 29.4 Å². The van der Waals surface area contributed by atoms with Gasteiger partial charge in [-0.2, -0.15) is 5.10 Å². The van der Waals surface area contributed by atoms with Crippen molar-refractivity contribution in [2.45, 2.75) is 18.9 Å². The maximum atomic E-state index is 13.6. The molecule has 7 nitrogen and oxygen atoms in total. The lowest BCUT2D eigenvalue weighted by Crippen LogP contribution is -2.29. The second-order valence-corrected chi connectivity index (χ2v) is 7.20. The highest BCUT2D eigenvalue weighted by Crippen LogP contribution is 2.23. The van der Waals surface area contributed by atoms with Crippen LogP contribution < -0.4 is 5.73 Å². The van der Waals surface area contributed by atoms with Gasteiger partial charge in [0, 0.05) is 31.0 Å². The summed E-state index contributed by atoms with van der Waals surface area (Å²) < 4.78 is 15.1.